The van der Waals surface area contributed by atoms with Crippen LogP contribution in [0, 0.1) is 5.82 Å². The van der Waals surface area contributed by atoms with Gasteiger partial charge in [0.25, 0.3) is 0 Å². The fourth-order valence-corrected chi connectivity index (χ4v) is 3.81. The zero-order valence-corrected chi connectivity index (χ0v) is 16.1. The SMILES string of the molecule is CC[C@H]1CC(NC(C)c2ccc(-c3ccc4c(ccn4C)c3)c(F)c2)=CN1. The van der Waals surface area contributed by atoms with Gasteiger partial charge < -0.3 is 15.2 Å². The highest BCUT2D eigenvalue weighted by Crippen LogP contribution is 2.29. The second-order valence-corrected chi connectivity index (χ2v) is 7.45. The Kier molecular flexibility index (Phi) is 4.65. The van der Waals surface area contributed by atoms with Gasteiger partial charge in [0.15, 0.2) is 0 Å². The van der Waals surface area contributed by atoms with Crippen LogP contribution in [0.3, 0.4) is 0 Å². The van der Waals surface area contributed by atoms with E-state index >= 15 is 0 Å². The molecule has 1 aromatic heterocycles. The number of benzene rings is 2. The summed E-state index contributed by atoms with van der Waals surface area (Å²) in [5, 5.41) is 8.00. The Morgan fingerprint density at radius 2 is 2.07 bits per heavy atom. The molecule has 0 amide bonds. The topological polar surface area (TPSA) is 29.0 Å². The average molecular weight is 363 g/mol. The van der Waals surface area contributed by atoms with Crippen LogP contribution in [0.1, 0.15) is 38.3 Å². The summed E-state index contributed by atoms with van der Waals surface area (Å²) in [4.78, 5) is 0. The van der Waals surface area contributed by atoms with Gasteiger partial charge in [0.05, 0.1) is 0 Å². The predicted molar refractivity (Wildman–Crippen MR) is 110 cm³/mol. The molecule has 1 aliphatic heterocycles. The van der Waals surface area contributed by atoms with Gasteiger partial charge in [-0.1, -0.05) is 25.1 Å². The van der Waals surface area contributed by atoms with Crippen molar-refractivity contribution < 1.29 is 4.39 Å². The number of aromatic nitrogens is 1. The number of nitrogens with one attached hydrogen (secondary N) is 2. The van der Waals surface area contributed by atoms with Gasteiger partial charge in [-0.05, 0) is 48.7 Å². The van der Waals surface area contributed by atoms with Gasteiger partial charge in [0, 0.05) is 60.1 Å². The molecule has 1 aliphatic rings. The zero-order valence-electron chi connectivity index (χ0n) is 16.1. The van der Waals surface area contributed by atoms with Gasteiger partial charge in [-0.15, -0.1) is 0 Å². The lowest BCUT2D eigenvalue weighted by molar-refractivity contribution is 0.568. The molecule has 140 valence electrons. The van der Waals surface area contributed by atoms with Crippen molar-refractivity contribution in [1.29, 1.82) is 0 Å². The largest absolute Gasteiger partial charge is 0.386 e. The van der Waals surface area contributed by atoms with E-state index in [9.17, 15) is 4.39 Å². The standard InChI is InChI=1S/C23H26FN3/c1-4-19-13-20(14-25-19)26-15(2)16-5-7-21(22(24)12-16)17-6-8-23-18(11-17)9-10-27(23)3/h5-12,14-15,19,25-26H,4,13H2,1-3H3/t15?,19-/m0/s1. The molecule has 1 unspecified atom stereocenters. The fraction of sp³-hybridized carbons (Fsp3) is 0.304. The number of hydrogen-bond acceptors (Lipinski definition) is 2. The van der Waals surface area contributed by atoms with Gasteiger partial charge in [0.1, 0.15) is 5.82 Å². The van der Waals surface area contributed by atoms with Gasteiger partial charge in [-0.25, -0.2) is 4.39 Å². The molecule has 0 radical (unpaired) electrons. The molecule has 0 aliphatic carbocycles. The molecule has 0 saturated heterocycles. The average Bonchev–Trinajstić information content (AvgIpc) is 3.28. The maximum atomic E-state index is 14.9. The molecular formula is C23H26FN3. The van der Waals surface area contributed by atoms with Crippen molar-refractivity contribution in [2.75, 3.05) is 0 Å². The second-order valence-electron chi connectivity index (χ2n) is 7.45. The fourth-order valence-electron chi connectivity index (χ4n) is 3.81. The van der Waals surface area contributed by atoms with E-state index in [1.54, 1.807) is 6.07 Å². The van der Waals surface area contributed by atoms with Crippen LogP contribution in [-0.4, -0.2) is 10.6 Å². The van der Waals surface area contributed by atoms with E-state index in [1.807, 2.05) is 43.7 Å². The van der Waals surface area contributed by atoms with E-state index in [0.717, 1.165) is 34.9 Å². The number of rotatable bonds is 5. The van der Waals surface area contributed by atoms with Gasteiger partial charge in [-0.3, -0.25) is 0 Å². The van der Waals surface area contributed by atoms with Crippen molar-refractivity contribution in [3.05, 3.63) is 71.9 Å². The van der Waals surface area contributed by atoms with Crippen LogP contribution >= 0.6 is 0 Å². The van der Waals surface area contributed by atoms with Crippen LogP contribution in [-0.2, 0) is 7.05 Å². The zero-order chi connectivity index (χ0) is 19.0. The molecule has 4 rings (SSSR count). The first-order valence-corrected chi connectivity index (χ1v) is 9.61. The number of fused-ring (bicyclic) bond motifs is 1. The maximum Gasteiger partial charge on any atom is 0.131 e. The first-order valence-electron chi connectivity index (χ1n) is 9.61. The van der Waals surface area contributed by atoms with E-state index in [1.165, 1.54) is 5.70 Å². The molecule has 2 N–H and O–H groups in total. The lowest BCUT2D eigenvalue weighted by Crippen LogP contribution is -2.20. The van der Waals surface area contributed by atoms with Gasteiger partial charge in [-0.2, -0.15) is 0 Å². The second kappa shape index (κ2) is 7.10. The van der Waals surface area contributed by atoms with Crippen LogP contribution in [0.15, 0.2) is 60.6 Å². The van der Waals surface area contributed by atoms with E-state index in [2.05, 4.69) is 41.2 Å². The highest BCUT2D eigenvalue weighted by Gasteiger charge is 2.17. The highest BCUT2D eigenvalue weighted by molar-refractivity contribution is 5.85. The Hall–Kier alpha value is -2.75. The third-order valence-electron chi connectivity index (χ3n) is 5.54. The Balaban J connectivity index is 1.54. The third kappa shape index (κ3) is 3.44. The number of nitrogens with zero attached hydrogens (tertiary/aromatic N) is 1. The minimum atomic E-state index is -0.179. The Bertz CT molecular complexity index is 1000. The number of aryl methyl sites for hydroxylation is 1. The van der Waals surface area contributed by atoms with Crippen molar-refractivity contribution in [3.8, 4) is 11.1 Å². The molecule has 4 heteroatoms. The minimum absolute atomic E-state index is 0.0637. The molecule has 0 fully saturated rings. The van der Waals surface area contributed by atoms with Crippen LogP contribution in [0.5, 0.6) is 0 Å². The molecule has 2 atom stereocenters. The van der Waals surface area contributed by atoms with Gasteiger partial charge in [0.2, 0.25) is 0 Å². The third-order valence-corrected chi connectivity index (χ3v) is 5.54. The molecule has 0 spiro atoms. The van der Waals surface area contributed by atoms with Crippen LogP contribution in [0.2, 0.25) is 0 Å². The highest BCUT2D eigenvalue weighted by atomic mass is 19.1. The molecule has 3 nitrogen and oxygen atoms in total. The van der Waals surface area contributed by atoms with E-state index in [-0.39, 0.29) is 11.9 Å². The van der Waals surface area contributed by atoms with E-state index < -0.39 is 0 Å². The molecule has 2 aromatic carbocycles. The Morgan fingerprint density at radius 1 is 1.22 bits per heavy atom. The molecule has 0 bridgehead atoms. The molecular weight excluding hydrogens is 337 g/mol. The predicted octanol–water partition coefficient (Wildman–Crippen LogP) is 5.25. The van der Waals surface area contributed by atoms with Crippen molar-refractivity contribution in [3.63, 3.8) is 0 Å². The normalized spacial score (nSPS) is 17.6. The lowest BCUT2D eigenvalue weighted by atomic mass is 9.99. The Labute approximate surface area is 159 Å². The van der Waals surface area contributed by atoms with Crippen LogP contribution in [0.25, 0.3) is 22.0 Å². The summed E-state index contributed by atoms with van der Waals surface area (Å²) in [6.45, 7) is 4.25. The summed E-state index contributed by atoms with van der Waals surface area (Å²) in [5.74, 6) is -0.179. The number of halogens is 1. The van der Waals surface area contributed by atoms with Crippen molar-refractivity contribution in [2.24, 2.45) is 7.05 Å². The van der Waals surface area contributed by atoms with Crippen molar-refractivity contribution in [2.45, 2.75) is 38.8 Å². The van der Waals surface area contributed by atoms with Crippen LogP contribution < -0.4 is 10.6 Å². The maximum absolute atomic E-state index is 14.9. The van der Waals surface area contributed by atoms with Crippen molar-refractivity contribution >= 4 is 10.9 Å². The summed E-state index contributed by atoms with van der Waals surface area (Å²) in [5.41, 5.74) is 4.85. The van der Waals surface area contributed by atoms with Crippen molar-refractivity contribution in [1.82, 2.24) is 15.2 Å². The van der Waals surface area contributed by atoms with E-state index in [0.29, 0.717) is 11.6 Å². The smallest absolute Gasteiger partial charge is 0.131 e. The minimum Gasteiger partial charge on any atom is -0.386 e. The summed E-state index contributed by atoms with van der Waals surface area (Å²) < 4.78 is 16.9. The van der Waals surface area contributed by atoms with Gasteiger partial charge >= 0.3 is 0 Å². The van der Waals surface area contributed by atoms with E-state index in [4.69, 9.17) is 0 Å². The summed E-state index contributed by atoms with van der Waals surface area (Å²) in [6, 6.07) is 14.3. The quantitative estimate of drug-likeness (QED) is 0.648. The molecule has 3 aromatic rings. The first kappa shape index (κ1) is 17.7. The summed E-state index contributed by atoms with van der Waals surface area (Å²) in [6.07, 6.45) is 6.17. The molecule has 2 heterocycles. The van der Waals surface area contributed by atoms with Crippen LogP contribution in [0.4, 0.5) is 4.39 Å². The summed E-state index contributed by atoms with van der Waals surface area (Å²) >= 11 is 0. The lowest BCUT2D eigenvalue weighted by Gasteiger charge is -2.18. The summed E-state index contributed by atoms with van der Waals surface area (Å²) in [7, 11) is 2.02. The molecule has 0 saturated carbocycles. The number of hydrogen-bond donors (Lipinski definition) is 2. The monoisotopic (exact) mass is 363 g/mol. The Morgan fingerprint density at radius 3 is 2.81 bits per heavy atom. The molecule has 27 heavy (non-hydrogen) atoms. The first-order chi connectivity index (χ1) is 13.0.